The van der Waals surface area contributed by atoms with Gasteiger partial charge < -0.3 is 19.9 Å². The second-order valence-corrected chi connectivity index (χ2v) is 6.89. The Bertz CT molecular complexity index is 820. The number of nitrogens with zero attached hydrogens (tertiary/aromatic N) is 1. The SMILES string of the molecule is COc1cccc(C(=O)N2CC[NH+](CC(=O)Nc3ccccc3Cl)CC2)c1. The quantitative estimate of drug-likeness (QED) is 0.812. The largest absolute Gasteiger partial charge is 0.497 e. The van der Waals surface area contributed by atoms with Gasteiger partial charge in [-0.2, -0.15) is 0 Å². The first-order chi connectivity index (χ1) is 13.1. The van der Waals surface area contributed by atoms with Gasteiger partial charge in [-0.15, -0.1) is 0 Å². The molecule has 0 radical (unpaired) electrons. The van der Waals surface area contributed by atoms with Gasteiger partial charge in [0.05, 0.1) is 44.0 Å². The molecule has 1 aliphatic rings. The van der Waals surface area contributed by atoms with Gasteiger partial charge in [0, 0.05) is 5.56 Å². The number of ether oxygens (including phenoxy) is 1. The van der Waals surface area contributed by atoms with E-state index in [4.69, 9.17) is 16.3 Å². The zero-order valence-electron chi connectivity index (χ0n) is 15.2. The van der Waals surface area contributed by atoms with E-state index in [1.54, 1.807) is 31.4 Å². The maximum absolute atomic E-state index is 12.6. The van der Waals surface area contributed by atoms with Crippen LogP contribution in [0.4, 0.5) is 5.69 Å². The molecule has 0 spiro atoms. The van der Waals surface area contributed by atoms with Crippen molar-refractivity contribution in [2.75, 3.05) is 45.2 Å². The highest BCUT2D eigenvalue weighted by Gasteiger charge is 2.26. The number of rotatable bonds is 5. The Morgan fingerprint density at radius 3 is 2.59 bits per heavy atom. The fraction of sp³-hybridized carbons (Fsp3) is 0.300. The minimum absolute atomic E-state index is 0.00605. The summed E-state index contributed by atoms with van der Waals surface area (Å²) in [5.74, 6) is 0.584. The van der Waals surface area contributed by atoms with Gasteiger partial charge in [-0.25, -0.2) is 0 Å². The summed E-state index contributed by atoms with van der Waals surface area (Å²) in [7, 11) is 1.58. The minimum Gasteiger partial charge on any atom is -0.497 e. The highest BCUT2D eigenvalue weighted by molar-refractivity contribution is 6.33. The molecule has 0 bridgehead atoms. The van der Waals surface area contributed by atoms with Gasteiger partial charge in [-0.05, 0) is 30.3 Å². The molecule has 1 saturated heterocycles. The average Bonchev–Trinajstić information content (AvgIpc) is 2.70. The predicted octanol–water partition coefficient (Wildman–Crippen LogP) is 1.33. The first-order valence-corrected chi connectivity index (χ1v) is 9.26. The summed E-state index contributed by atoms with van der Waals surface area (Å²) in [5, 5.41) is 3.37. The Kier molecular flexibility index (Phi) is 6.32. The Morgan fingerprint density at radius 2 is 1.89 bits per heavy atom. The lowest BCUT2D eigenvalue weighted by Gasteiger charge is -2.32. The normalized spacial score (nSPS) is 14.7. The highest BCUT2D eigenvalue weighted by atomic mass is 35.5. The number of carbonyl (C=O) groups is 2. The van der Waals surface area contributed by atoms with E-state index in [0.29, 0.717) is 41.7 Å². The molecular formula is C20H23ClN3O3+. The standard InChI is InChI=1S/C20H22ClN3O3/c1-27-16-6-4-5-15(13-16)20(26)24-11-9-23(10-12-24)14-19(25)22-18-8-3-2-7-17(18)21/h2-8,13H,9-12,14H2,1H3,(H,22,25)/p+1. The molecule has 1 aliphatic heterocycles. The highest BCUT2D eigenvalue weighted by Crippen LogP contribution is 2.20. The van der Waals surface area contributed by atoms with Crippen molar-refractivity contribution in [1.82, 2.24) is 4.90 Å². The molecule has 1 fully saturated rings. The van der Waals surface area contributed by atoms with Gasteiger partial charge in [0.2, 0.25) is 0 Å². The summed E-state index contributed by atoms with van der Waals surface area (Å²) in [4.78, 5) is 27.9. The monoisotopic (exact) mass is 388 g/mol. The molecule has 27 heavy (non-hydrogen) atoms. The van der Waals surface area contributed by atoms with E-state index >= 15 is 0 Å². The Hall–Kier alpha value is -2.57. The number of piperazine rings is 1. The fourth-order valence-corrected chi connectivity index (χ4v) is 3.31. The maximum Gasteiger partial charge on any atom is 0.279 e. The van der Waals surface area contributed by atoms with Crippen LogP contribution >= 0.6 is 11.6 Å². The van der Waals surface area contributed by atoms with Crippen molar-refractivity contribution in [2.45, 2.75) is 0 Å². The van der Waals surface area contributed by atoms with Crippen LogP contribution in [0.25, 0.3) is 0 Å². The molecule has 0 unspecified atom stereocenters. The fourth-order valence-electron chi connectivity index (χ4n) is 3.13. The van der Waals surface area contributed by atoms with Crippen molar-refractivity contribution in [3.8, 4) is 5.75 Å². The predicted molar refractivity (Wildman–Crippen MR) is 105 cm³/mol. The molecule has 2 N–H and O–H groups in total. The molecule has 3 rings (SSSR count). The zero-order valence-corrected chi connectivity index (χ0v) is 16.0. The maximum atomic E-state index is 12.6. The molecule has 6 nitrogen and oxygen atoms in total. The van der Waals surface area contributed by atoms with Crippen LogP contribution in [0.15, 0.2) is 48.5 Å². The molecule has 0 saturated carbocycles. The number of nitrogens with one attached hydrogen (secondary N) is 2. The third-order valence-electron chi connectivity index (χ3n) is 4.63. The summed E-state index contributed by atoms with van der Waals surface area (Å²) in [5.41, 5.74) is 1.24. The summed E-state index contributed by atoms with van der Waals surface area (Å²) >= 11 is 6.07. The lowest BCUT2D eigenvalue weighted by Crippen LogP contribution is -3.15. The number of benzene rings is 2. The van der Waals surface area contributed by atoms with Crippen molar-refractivity contribution < 1.29 is 19.2 Å². The van der Waals surface area contributed by atoms with Gasteiger partial charge in [-0.3, -0.25) is 9.59 Å². The van der Waals surface area contributed by atoms with Gasteiger partial charge in [-0.1, -0.05) is 29.8 Å². The van der Waals surface area contributed by atoms with Gasteiger partial charge in [0.15, 0.2) is 6.54 Å². The lowest BCUT2D eigenvalue weighted by atomic mass is 10.1. The molecule has 142 valence electrons. The van der Waals surface area contributed by atoms with E-state index < -0.39 is 0 Å². The lowest BCUT2D eigenvalue weighted by molar-refractivity contribution is -0.895. The van der Waals surface area contributed by atoms with E-state index in [-0.39, 0.29) is 11.8 Å². The van der Waals surface area contributed by atoms with Crippen molar-refractivity contribution in [1.29, 1.82) is 0 Å². The number of para-hydroxylation sites is 1. The third kappa shape index (κ3) is 4.99. The van der Waals surface area contributed by atoms with Gasteiger partial charge >= 0.3 is 0 Å². The van der Waals surface area contributed by atoms with Crippen molar-refractivity contribution in [2.24, 2.45) is 0 Å². The number of halogens is 1. The number of methoxy groups -OCH3 is 1. The first kappa shape index (κ1) is 19.2. The van der Waals surface area contributed by atoms with E-state index in [9.17, 15) is 9.59 Å². The van der Waals surface area contributed by atoms with E-state index in [1.165, 1.54) is 0 Å². The molecule has 0 atom stereocenters. The number of anilines is 1. The summed E-state index contributed by atoms with van der Waals surface area (Å²) in [6, 6.07) is 14.3. The molecular weight excluding hydrogens is 366 g/mol. The van der Waals surface area contributed by atoms with Crippen LogP contribution in [-0.4, -0.2) is 56.5 Å². The van der Waals surface area contributed by atoms with Crippen LogP contribution in [0, 0.1) is 0 Å². The van der Waals surface area contributed by atoms with E-state index in [0.717, 1.165) is 18.0 Å². The van der Waals surface area contributed by atoms with Crippen LogP contribution < -0.4 is 15.0 Å². The molecule has 2 aromatic rings. The third-order valence-corrected chi connectivity index (χ3v) is 4.96. The second-order valence-electron chi connectivity index (χ2n) is 6.48. The van der Waals surface area contributed by atoms with Crippen LogP contribution in [0.1, 0.15) is 10.4 Å². The van der Waals surface area contributed by atoms with Gasteiger partial charge in [0.25, 0.3) is 11.8 Å². The Labute approximate surface area is 163 Å². The van der Waals surface area contributed by atoms with Crippen LogP contribution in [-0.2, 0) is 4.79 Å². The van der Waals surface area contributed by atoms with E-state index in [1.807, 2.05) is 29.2 Å². The number of quaternary nitrogens is 1. The Balaban J connectivity index is 1.50. The summed E-state index contributed by atoms with van der Waals surface area (Å²) in [6.45, 7) is 3.04. The topological polar surface area (TPSA) is 63.1 Å². The smallest absolute Gasteiger partial charge is 0.279 e. The number of hydrogen-bond donors (Lipinski definition) is 2. The molecule has 2 amide bonds. The number of hydrogen-bond acceptors (Lipinski definition) is 3. The molecule has 7 heteroatoms. The van der Waals surface area contributed by atoms with E-state index in [2.05, 4.69) is 5.32 Å². The second kappa shape index (κ2) is 8.88. The van der Waals surface area contributed by atoms with Crippen LogP contribution in [0.3, 0.4) is 0 Å². The van der Waals surface area contributed by atoms with Gasteiger partial charge in [0.1, 0.15) is 5.75 Å². The molecule has 1 heterocycles. The van der Waals surface area contributed by atoms with Crippen molar-refractivity contribution in [3.63, 3.8) is 0 Å². The number of amides is 2. The van der Waals surface area contributed by atoms with Crippen LogP contribution in [0.2, 0.25) is 5.02 Å². The summed E-state index contributed by atoms with van der Waals surface area (Å²) < 4.78 is 5.18. The molecule has 2 aromatic carbocycles. The number of carbonyl (C=O) groups excluding carboxylic acids is 2. The molecule has 0 aromatic heterocycles. The summed E-state index contributed by atoms with van der Waals surface area (Å²) in [6.07, 6.45) is 0. The first-order valence-electron chi connectivity index (χ1n) is 8.88. The molecule has 0 aliphatic carbocycles. The van der Waals surface area contributed by atoms with Crippen molar-refractivity contribution in [3.05, 3.63) is 59.1 Å². The van der Waals surface area contributed by atoms with Crippen LogP contribution in [0.5, 0.6) is 5.75 Å². The van der Waals surface area contributed by atoms with Crippen molar-refractivity contribution >= 4 is 29.1 Å². The minimum atomic E-state index is -0.0781. The Morgan fingerprint density at radius 1 is 1.15 bits per heavy atom. The zero-order chi connectivity index (χ0) is 19.2. The average molecular weight is 389 g/mol.